The summed E-state index contributed by atoms with van der Waals surface area (Å²) in [6, 6.07) is 4.32. The number of phenolic OH excluding ortho intramolecular Hbond substituents is 1. The van der Waals surface area contributed by atoms with E-state index in [0.29, 0.717) is 30.1 Å². The number of primary amides is 1. The molecule has 5 nitrogen and oxygen atoms in total. The van der Waals surface area contributed by atoms with Crippen molar-refractivity contribution in [2.24, 2.45) is 11.7 Å². The van der Waals surface area contributed by atoms with Gasteiger partial charge in [-0.1, -0.05) is 11.6 Å². The first-order valence-corrected chi connectivity index (χ1v) is 6.91. The van der Waals surface area contributed by atoms with Gasteiger partial charge >= 0.3 is 0 Å². The minimum atomic E-state index is -0.300. The number of halogens is 1. The number of hydrogen-bond donors (Lipinski definition) is 2. The number of benzene rings is 1. The summed E-state index contributed by atoms with van der Waals surface area (Å²) in [4.78, 5) is 24.9. The van der Waals surface area contributed by atoms with E-state index in [2.05, 4.69) is 0 Å². The predicted molar refractivity (Wildman–Crippen MR) is 75.6 cm³/mol. The number of carbonyl (C=O) groups excluding carboxylic acids is 2. The molecule has 108 valence electrons. The van der Waals surface area contributed by atoms with E-state index in [9.17, 15) is 14.7 Å². The number of aromatic hydroxyl groups is 1. The third-order valence-corrected chi connectivity index (χ3v) is 3.90. The molecule has 2 amide bonds. The fraction of sp³-hybridized carbons (Fsp3) is 0.429. The van der Waals surface area contributed by atoms with Crippen LogP contribution in [-0.4, -0.2) is 34.9 Å². The standard InChI is InChI=1S/C14H17ClN2O3/c15-12-2-1-10(18)8-11(12)14(20)17-5-3-9(4-6-17)7-13(16)19/h1-2,8-9,18H,3-7H2,(H2,16,19). The number of phenols is 1. The summed E-state index contributed by atoms with van der Waals surface area (Å²) in [5.41, 5.74) is 5.49. The molecule has 0 bridgehead atoms. The fourth-order valence-electron chi connectivity index (χ4n) is 2.47. The Morgan fingerprint density at radius 3 is 2.60 bits per heavy atom. The molecule has 0 aromatic heterocycles. The highest BCUT2D eigenvalue weighted by Crippen LogP contribution is 2.26. The second-order valence-electron chi connectivity index (χ2n) is 5.07. The van der Waals surface area contributed by atoms with Crippen LogP contribution in [0.15, 0.2) is 18.2 Å². The lowest BCUT2D eigenvalue weighted by Crippen LogP contribution is -2.39. The van der Waals surface area contributed by atoms with Crippen molar-refractivity contribution < 1.29 is 14.7 Å². The van der Waals surface area contributed by atoms with Crippen LogP contribution in [-0.2, 0) is 4.79 Å². The highest BCUT2D eigenvalue weighted by atomic mass is 35.5. The average Bonchev–Trinajstić information content (AvgIpc) is 2.41. The van der Waals surface area contributed by atoms with E-state index in [-0.39, 0.29) is 23.5 Å². The third kappa shape index (κ3) is 3.42. The Morgan fingerprint density at radius 2 is 2.00 bits per heavy atom. The molecule has 0 unspecified atom stereocenters. The molecule has 1 saturated heterocycles. The normalized spacial score (nSPS) is 16.1. The highest BCUT2D eigenvalue weighted by molar-refractivity contribution is 6.33. The first-order valence-electron chi connectivity index (χ1n) is 6.53. The molecule has 1 aromatic rings. The smallest absolute Gasteiger partial charge is 0.255 e. The molecule has 1 aliphatic heterocycles. The van der Waals surface area contributed by atoms with Gasteiger partial charge in [-0.2, -0.15) is 0 Å². The van der Waals surface area contributed by atoms with Crippen molar-refractivity contribution >= 4 is 23.4 Å². The summed E-state index contributed by atoms with van der Waals surface area (Å²) >= 11 is 5.99. The van der Waals surface area contributed by atoms with Crippen LogP contribution < -0.4 is 5.73 Å². The molecule has 0 saturated carbocycles. The molecule has 0 aliphatic carbocycles. The molecule has 0 spiro atoms. The topological polar surface area (TPSA) is 83.6 Å². The molecular weight excluding hydrogens is 280 g/mol. The van der Waals surface area contributed by atoms with E-state index in [1.807, 2.05) is 0 Å². The van der Waals surface area contributed by atoms with E-state index >= 15 is 0 Å². The van der Waals surface area contributed by atoms with Gasteiger partial charge in [-0.15, -0.1) is 0 Å². The molecule has 1 aromatic carbocycles. The molecule has 1 aliphatic rings. The van der Waals surface area contributed by atoms with Crippen LogP contribution in [0.1, 0.15) is 29.6 Å². The van der Waals surface area contributed by atoms with Gasteiger partial charge in [-0.05, 0) is 37.0 Å². The van der Waals surface area contributed by atoms with Gasteiger partial charge in [-0.3, -0.25) is 9.59 Å². The molecule has 0 atom stereocenters. The summed E-state index contributed by atoms with van der Waals surface area (Å²) in [6.45, 7) is 1.14. The van der Waals surface area contributed by atoms with E-state index in [1.54, 1.807) is 4.90 Å². The Labute approximate surface area is 122 Å². The van der Waals surface area contributed by atoms with Gasteiger partial charge in [0.15, 0.2) is 0 Å². The van der Waals surface area contributed by atoms with Crippen LogP contribution in [0.3, 0.4) is 0 Å². The average molecular weight is 297 g/mol. The second kappa shape index (κ2) is 6.13. The second-order valence-corrected chi connectivity index (χ2v) is 5.48. The zero-order valence-corrected chi connectivity index (χ0v) is 11.8. The molecular formula is C14H17ClN2O3. The maximum absolute atomic E-state index is 12.3. The Bertz CT molecular complexity index is 525. The minimum Gasteiger partial charge on any atom is -0.508 e. The van der Waals surface area contributed by atoms with Gasteiger partial charge in [0, 0.05) is 19.5 Å². The summed E-state index contributed by atoms with van der Waals surface area (Å²) in [7, 11) is 0. The first-order chi connectivity index (χ1) is 9.47. The van der Waals surface area contributed by atoms with Crippen LogP contribution >= 0.6 is 11.6 Å². The van der Waals surface area contributed by atoms with Crippen molar-refractivity contribution in [3.8, 4) is 5.75 Å². The number of likely N-dealkylation sites (tertiary alicyclic amines) is 1. The van der Waals surface area contributed by atoms with Crippen LogP contribution in [0.5, 0.6) is 5.75 Å². The van der Waals surface area contributed by atoms with Gasteiger partial charge in [0.1, 0.15) is 5.75 Å². The zero-order valence-electron chi connectivity index (χ0n) is 11.0. The molecule has 2 rings (SSSR count). The monoisotopic (exact) mass is 296 g/mol. The predicted octanol–water partition coefficient (Wildman–Crippen LogP) is 1.77. The molecule has 0 radical (unpaired) electrons. The summed E-state index contributed by atoms with van der Waals surface area (Å²) in [6.07, 6.45) is 1.88. The molecule has 6 heteroatoms. The van der Waals surface area contributed by atoms with Crippen LogP contribution in [0.4, 0.5) is 0 Å². The van der Waals surface area contributed by atoms with Gasteiger partial charge in [0.2, 0.25) is 5.91 Å². The highest BCUT2D eigenvalue weighted by Gasteiger charge is 2.25. The van der Waals surface area contributed by atoms with E-state index in [4.69, 9.17) is 17.3 Å². The number of hydrogen-bond acceptors (Lipinski definition) is 3. The number of carbonyl (C=O) groups is 2. The van der Waals surface area contributed by atoms with Gasteiger partial charge in [-0.25, -0.2) is 0 Å². The molecule has 1 fully saturated rings. The fourth-order valence-corrected chi connectivity index (χ4v) is 2.67. The van der Waals surface area contributed by atoms with Crippen LogP contribution in [0, 0.1) is 5.92 Å². The van der Waals surface area contributed by atoms with Crippen molar-refractivity contribution in [1.82, 2.24) is 4.90 Å². The number of nitrogens with two attached hydrogens (primary N) is 1. The van der Waals surface area contributed by atoms with Crippen LogP contribution in [0.25, 0.3) is 0 Å². The maximum atomic E-state index is 12.3. The number of piperidine rings is 1. The maximum Gasteiger partial charge on any atom is 0.255 e. The number of rotatable bonds is 3. The lowest BCUT2D eigenvalue weighted by Gasteiger charge is -2.31. The van der Waals surface area contributed by atoms with Crippen molar-refractivity contribution in [2.75, 3.05) is 13.1 Å². The Kier molecular flexibility index (Phi) is 4.49. The summed E-state index contributed by atoms with van der Waals surface area (Å²) in [5.74, 6) is -0.230. The summed E-state index contributed by atoms with van der Waals surface area (Å²) < 4.78 is 0. The molecule has 20 heavy (non-hydrogen) atoms. The molecule has 1 heterocycles. The van der Waals surface area contributed by atoms with Gasteiger partial charge < -0.3 is 15.7 Å². The Morgan fingerprint density at radius 1 is 1.35 bits per heavy atom. The number of amides is 2. The quantitative estimate of drug-likeness (QED) is 0.891. The van der Waals surface area contributed by atoms with E-state index < -0.39 is 0 Å². The SMILES string of the molecule is NC(=O)CC1CCN(C(=O)c2cc(O)ccc2Cl)CC1. The zero-order chi connectivity index (χ0) is 14.7. The van der Waals surface area contributed by atoms with Crippen molar-refractivity contribution in [3.63, 3.8) is 0 Å². The van der Waals surface area contributed by atoms with Crippen molar-refractivity contribution in [2.45, 2.75) is 19.3 Å². The Hall–Kier alpha value is -1.75. The lowest BCUT2D eigenvalue weighted by atomic mass is 9.93. The van der Waals surface area contributed by atoms with Crippen molar-refractivity contribution in [3.05, 3.63) is 28.8 Å². The third-order valence-electron chi connectivity index (χ3n) is 3.57. The van der Waals surface area contributed by atoms with Gasteiger partial charge in [0.05, 0.1) is 10.6 Å². The van der Waals surface area contributed by atoms with Crippen molar-refractivity contribution in [1.29, 1.82) is 0 Å². The lowest BCUT2D eigenvalue weighted by molar-refractivity contribution is -0.119. The summed E-state index contributed by atoms with van der Waals surface area (Å²) in [5, 5.41) is 9.77. The van der Waals surface area contributed by atoms with Gasteiger partial charge in [0.25, 0.3) is 5.91 Å². The Balaban J connectivity index is 2.01. The van der Waals surface area contributed by atoms with Crippen LogP contribution in [0.2, 0.25) is 5.02 Å². The van der Waals surface area contributed by atoms with E-state index in [1.165, 1.54) is 18.2 Å². The minimum absolute atomic E-state index is 0.0152. The van der Waals surface area contributed by atoms with E-state index in [0.717, 1.165) is 12.8 Å². The first kappa shape index (κ1) is 14.7. The molecule has 3 N–H and O–H groups in total. The largest absolute Gasteiger partial charge is 0.508 e. The number of nitrogens with zero attached hydrogens (tertiary/aromatic N) is 1.